The second-order valence-corrected chi connectivity index (χ2v) is 6.38. The Balaban J connectivity index is 1.55. The predicted octanol–water partition coefficient (Wildman–Crippen LogP) is 3.64. The number of anilines is 3. The van der Waals surface area contributed by atoms with Crippen LogP contribution in [0.2, 0.25) is 5.02 Å². The van der Waals surface area contributed by atoms with Crippen molar-refractivity contribution in [3.05, 3.63) is 64.7 Å². The lowest BCUT2D eigenvalue weighted by Gasteiger charge is -2.09. The molecule has 0 unspecified atom stereocenters. The lowest BCUT2D eigenvalue weighted by atomic mass is 10.1. The molecular weight excluding hydrogens is 410 g/mol. The number of hydrogen-bond acceptors (Lipinski definition) is 10. The van der Waals surface area contributed by atoms with Crippen molar-refractivity contribution in [2.24, 2.45) is 5.10 Å². The molecule has 0 radical (unpaired) electrons. The maximum absolute atomic E-state index is 11.5. The molecule has 4 aromatic rings. The Kier molecular flexibility index (Phi) is 5.48. The molecule has 0 aliphatic heterocycles. The molecule has 0 amide bonds. The van der Waals surface area contributed by atoms with Gasteiger partial charge >= 0.3 is 5.97 Å². The van der Waals surface area contributed by atoms with Gasteiger partial charge in [-0.3, -0.25) is 5.43 Å². The molecule has 0 atom stereocenters. The van der Waals surface area contributed by atoms with Crippen LogP contribution in [0.3, 0.4) is 0 Å². The third-order valence-electron chi connectivity index (χ3n) is 3.94. The zero-order chi connectivity index (χ0) is 20.9. The topological polar surface area (TPSA) is 127 Å². The van der Waals surface area contributed by atoms with Crippen molar-refractivity contribution in [2.75, 3.05) is 17.9 Å². The van der Waals surface area contributed by atoms with Crippen molar-refractivity contribution in [2.45, 2.75) is 0 Å². The lowest BCUT2D eigenvalue weighted by molar-refractivity contribution is 0.0600. The zero-order valence-corrected chi connectivity index (χ0v) is 16.3. The summed E-state index contributed by atoms with van der Waals surface area (Å²) in [6, 6.07) is 13.9. The van der Waals surface area contributed by atoms with E-state index in [2.05, 4.69) is 45.5 Å². The molecule has 2 aromatic carbocycles. The number of nitrogens with one attached hydrogen (secondary N) is 2. The van der Waals surface area contributed by atoms with Crippen LogP contribution in [0, 0.1) is 0 Å². The van der Waals surface area contributed by atoms with E-state index in [9.17, 15) is 4.79 Å². The molecule has 11 heteroatoms. The van der Waals surface area contributed by atoms with E-state index in [1.807, 2.05) is 0 Å². The Morgan fingerprint density at radius 2 is 1.70 bits per heavy atom. The lowest BCUT2D eigenvalue weighted by Crippen LogP contribution is -2.03. The van der Waals surface area contributed by atoms with Gasteiger partial charge in [0.1, 0.15) is 0 Å². The summed E-state index contributed by atoms with van der Waals surface area (Å²) in [6.07, 6.45) is 1.57. The molecule has 0 saturated carbocycles. The molecule has 10 nitrogen and oxygen atoms in total. The quantitative estimate of drug-likeness (QED) is 0.271. The smallest absolute Gasteiger partial charge is 0.337 e. The molecule has 4 rings (SSSR count). The summed E-state index contributed by atoms with van der Waals surface area (Å²) in [5.74, 6) is 0.286. The Bertz CT molecular complexity index is 1210. The Labute approximate surface area is 174 Å². The molecule has 0 aliphatic rings. The second-order valence-electron chi connectivity index (χ2n) is 5.95. The van der Waals surface area contributed by atoms with Gasteiger partial charge in [-0.1, -0.05) is 23.7 Å². The molecule has 30 heavy (non-hydrogen) atoms. The van der Waals surface area contributed by atoms with Gasteiger partial charge in [-0.25, -0.2) is 14.4 Å². The number of carbonyl (C=O) groups is 1. The number of halogens is 1. The highest BCUT2D eigenvalue weighted by Gasteiger charge is 2.13. The zero-order valence-electron chi connectivity index (χ0n) is 15.5. The van der Waals surface area contributed by atoms with Crippen LogP contribution >= 0.6 is 11.6 Å². The minimum atomic E-state index is -0.403. The highest BCUT2D eigenvalue weighted by Crippen LogP contribution is 2.24. The molecule has 2 N–H and O–H groups in total. The van der Waals surface area contributed by atoms with E-state index in [0.717, 1.165) is 11.3 Å². The summed E-state index contributed by atoms with van der Waals surface area (Å²) in [5.41, 5.74) is 5.27. The van der Waals surface area contributed by atoms with Gasteiger partial charge in [0.2, 0.25) is 11.3 Å². The van der Waals surface area contributed by atoms with E-state index >= 15 is 0 Å². The molecule has 2 aromatic heterocycles. The Hall–Kier alpha value is -4.05. The highest BCUT2D eigenvalue weighted by atomic mass is 35.5. The summed E-state index contributed by atoms with van der Waals surface area (Å²) in [5, 5.41) is 15.3. The minimum Gasteiger partial charge on any atom is -0.465 e. The Morgan fingerprint density at radius 3 is 2.37 bits per heavy atom. The van der Waals surface area contributed by atoms with Gasteiger partial charge in [0.15, 0.2) is 11.6 Å². The number of nitrogens with zero attached hydrogens (tertiary/aromatic N) is 5. The van der Waals surface area contributed by atoms with Gasteiger partial charge in [-0.05, 0) is 52.3 Å². The van der Waals surface area contributed by atoms with Crippen LogP contribution in [0.5, 0.6) is 0 Å². The van der Waals surface area contributed by atoms with Crippen LogP contribution in [0.25, 0.3) is 11.3 Å². The third-order valence-corrected chi connectivity index (χ3v) is 4.19. The maximum Gasteiger partial charge on any atom is 0.337 e. The largest absolute Gasteiger partial charge is 0.465 e. The number of aromatic nitrogens is 4. The molecule has 0 saturated heterocycles. The van der Waals surface area contributed by atoms with E-state index in [0.29, 0.717) is 22.2 Å². The van der Waals surface area contributed by atoms with E-state index in [1.54, 1.807) is 54.7 Å². The van der Waals surface area contributed by atoms with Crippen LogP contribution in [-0.4, -0.2) is 39.6 Å². The van der Waals surface area contributed by atoms with Crippen molar-refractivity contribution in [1.82, 2.24) is 20.3 Å². The summed E-state index contributed by atoms with van der Waals surface area (Å²) in [6.45, 7) is 0. The number of carbonyl (C=O) groups excluding carboxylic acids is 1. The standard InChI is InChI=1S/C19H14ClN7O3/c1-29-19(28)12-4-2-11(3-5-12)10-21-25-16-15(22-14-8-6-13(20)7-9-14)23-17-18(24-16)27-30-26-17/h2-10H,1H3,(H,22,23,26)(H,24,25,27). The summed E-state index contributed by atoms with van der Waals surface area (Å²) in [4.78, 5) is 20.2. The van der Waals surface area contributed by atoms with Crippen LogP contribution in [0.4, 0.5) is 17.3 Å². The molecular formula is C19H14ClN7O3. The second kappa shape index (κ2) is 8.53. The first kappa shape index (κ1) is 19.3. The maximum atomic E-state index is 11.5. The van der Waals surface area contributed by atoms with Gasteiger partial charge in [0, 0.05) is 10.7 Å². The monoisotopic (exact) mass is 423 g/mol. The van der Waals surface area contributed by atoms with Crippen molar-refractivity contribution in [1.29, 1.82) is 0 Å². The summed E-state index contributed by atoms with van der Waals surface area (Å²) in [7, 11) is 1.33. The van der Waals surface area contributed by atoms with E-state index in [4.69, 9.17) is 11.6 Å². The summed E-state index contributed by atoms with van der Waals surface area (Å²) >= 11 is 5.93. The number of ether oxygens (including phenoxy) is 1. The Morgan fingerprint density at radius 1 is 1.03 bits per heavy atom. The van der Waals surface area contributed by atoms with E-state index < -0.39 is 5.97 Å². The first-order chi connectivity index (χ1) is 14.6. The summed E-state index contributed by atoms with van der Waals surface area (Å²) < 4.78 is 9.36. The van der Waals surface area contributed by atoms with Gasteiger partial charge in [0.25, 0.3) is 0 Å². The van der Waals surface area contributed by atoms with Gasteiger partial charge in [-0.15, -0.1) is 0 Å². The van der Waals surface area contributed by atoms with E-state index in [-0.39, 0.29) is 11.3 Å². The first-order valence-corrected chi connectivity index (χ1v) is 9.00. The van der Waals surface area contributed by atoms with Crippen LogP contribution in [-0.2, 0) is 4.74 Å². The van der Waals surface area contributed by atoms with Gasteiger partial charge in [-0.2, -0.15) is 10.1 Å². The number of fused-ring (bicyclic) bond motifs is 1. The van der Waals surface area contributed by atoms with Gasteiger partial charge < -0.3 is 10.1 Å². The normalized spacial score (nSPS) is 11.0. The van der Waals surface area contributed by atoms with Crippen molar-refractivity contribution < 1.29 is 14.2 Å². The van der Waals surface area contributed by atoms with Crippen LogP contribution < -0.4 is 10.7 Å². The fourth-order valence-corrected chi connectivity index (χ4v) is 2.59. The van der Waals surface area contributed by atoms with Crippen LogP contribution in [0.1, 0.15) is 15.9 Å². The number of hydrogen-bond donors (Lipinski definition) is 2. The van der Waals surface area contributed by atoms with Crippen molar-refractivity contribution in [3.8, 4) is 0 Å². The van der Waals surface area contributed by atoms with E-state index in [1.165, 1.54) is 7.11 Å². The average molecular weight is 424 g/mol. The molecule has 0 aliphatic carbocycles. The SMILES string of the molecule is COC(=O)c1ccc(C=NNc2nc3nonc3nc2Nc2ccc(Cl)cc2)cc1. The highest BCUT2D eigenvalue weighted by molar-refractivity contribution is 6.30. The number of rotatable bonds is 6. The molecule has 2 heterocycles. The fraction of sp³-hybridized carbons (Fsp3) is 0.0526. The minimum absolute atomic E-state index is 0.233. The number of benzene rings is 2. The molecule has 0 fully saturated rings. The average Bonchev–Trinajstić information content (AvgIpc) is 3.22. The number of esters is 1. The van der Waals surface area contributed by atoms with Crippen LogP contribution in [0.15, 0.2) is 58.3 Å². The first-order valence-electron chi connectivity index (χ1n) is 8.63. The van der Waals surface area contributed by atoms with Crippen molar-refractivity contribution in [3.63, 3.8) is 0 Å². The molecule has 0 bridgehead atoms. The van der Waals surface area contributed by atoms with Crippen molar-refractivity contribution >= 4 is 52.4 Å². The molecule has 0 spiro atoms. The molecule has 150 valence electrons. The number of methoxy groups -OCH3 is 1. The number of hydrazone groups is 1. The predicted molar refractivity (Wildman–Crippen MR) is 111 cm³/mol. The third kappa shape index (κ3) is 4.33. The fourth-order valence-electron chi connectivity index (χ4n) is 2.46. The van der Waals surface area contributed by atoms with Gasteiger partial charge in [0.05, 0.1) is 18.9 Å².